The first-order chi connectivity index (χ1) is 9.79. The van der Waals surface area contributed by atoms with E-state index in [2.05, 4.69) is 11.1 Å². The predicted octanol–water partition coefficient (Wildman–Crippen LogP) is 0.248. The number of amides is 1. The summed E-state index contributed by atoms with van der Waals surface area (Å²) in [5.74, 6) is 0.229. The minimum atomic E-state index is 0.0276. The number of aromatic nitrogens is 1. The summed E-state index contributed by atoms with van der Waals surface area (Å²) in [6.07, 6.45) is 1.61. The van der Waals surface area contributed by atoms with Gasteiger partial charge in [0, 0.05) is 32.4 Å². The molecule has 2 saturated heterocycles. The number of rotatable bonds is 2. The Kier molecular flexibility index (Phi) is 3.52. The molecule has 0 atom stereocenters. The second kappa shape index (κ2) is 5.47. The Labute approximate surface area is 117 Å². The van der Waals surface area contributed by atoms with E-state index in [4.69, 9.17) is 10.00 Å². The SMILES string of the molecule is N#Cc1ncccc1N1CC(C(=O)N2CCOCC2)C1. The van der Waals surface area contributed by atoms with E-state index < -0.39 is 0 Å². The van der Waals surface area contributed by atoms with Crippen LogP contribution in [0, 0.1) is 17.2 Å². The first-order valence-corrected chi connectivity index (χ1v) is 6.76. The highest BCUT2D eigenvalue weighted by Crippen LogP contribution is 2.27. The van der Waals surface area contributed by atoms with Crippen molar-refractivity contribution in [3.05, 3.63) is 24.0 Å². The summed E-state index contributed by atoms with van der Waals surface area (Å²) in [4.78, 5) is 20.2. The molecule has 0 N–H and O–H groups in total. The smallest absolute Gasteiger partial charge is 0.229 e. The standard InChI is InChI=1S/C14H16N4O2/c15-8-12-13(2-1-3-16-12)18-9-11(10-18)14(19)17-4-6-20-7-5-17/h1-3,11H,4-7,9-10H2. The van der Waals surface area contributed by atoms with Crippen LogP contribution >= 0.6 is 0 Å². The first kappa shape index (κ1) is 12.9. The molecule has 3 rings (SSSR count). The Morgan fingerprint density at radius 2 is 2.15 bits per heavy atom. The highest BCUT2D eigenvalue weighted by molar-refractivity contribution is 5.82. The fourth-order valence-electron chi connectivity index (χ4n) is 2.61. The van der Waals surface area contributed by atoms with Crippen LogP contribution in [0.5, 0.6) is 0 Å². The summed E-state index contributed by atoms with van der Waals surface area (Å²) >= 11 is 0. The Hall–Kier alpha value is -2.13. The van der Waals surface area contributed by atoms with Crippen molar-refractivity contribution >= 4 is 11.6 Å². The molecule has 6 heteroatoms. The third kappa shape index (κ3) is 2.32. The normalized spacial score (nSPS) is 19.4. The highest BCUT2D eigenvalue weighted by atomic mass is 16.5. The van der Waals surface area contributed by atoms with Crippen molar-refractivity contribution in [2.24, 2.45) is 5.92 Å². The number of pyridine rings is 1. The van der Waals surface area contributed by atoms with Crippen LogP contribution in [0.3, 0.4) is 0 Å². The quantitative estimate of drug-likeness (QED) is 0.772. The summed E-state index contributed by atoms with van der Waals surface area (Å²) in [6, 6.07) is 5.78. The molecule has 1 amide bonds. The number of anilines is 1. The zero-order valence-corrected chi connectivity index (χ0v) is 11.2. The second-order valence-corrected chi connectivity index (χ2v) is 5.02. The minimum Gasteiger partial charge on any atom is -0.378 e. The van der Waals surface area contributed by atoms with E-state index in [-0.39, 0.29) is 11.8 Å². The van der Waals surface area contributed by atoms with Gasteiger partial charge in [0.25, 0.3) is 0 Å². The van der Waals surface area contributed by atoms with Gasteiger partial charge in [0.15, 0.2) is 5.69 Å². The number of hydrogen-bond donors (Lipinski definition) is 0. The van der Waals surface area contributed by atoms with Crippen LogP contribution in [-0.4, -0.2) is 55.2 Å². The Morgan fingerprint density at radius 3 is 2.85 bits per heavy atom. The average molecular weight is 272 g/mol. The molecule has 0 spiro atoms. The maximum absolute atomic E-state index is 12.3. The lowest BCUT2D eigenvalue weighted by molar-refractivity contribution is -0.140. The Balaban J connectivity index is 1.61. The summed E-state index contributed by atoms with van der Waals surface area (Å²) in [5, 5.41) is 9.04. The van der Waals surface area contributed by atoms with Crippen molar-refractivity contribution in [2.45, 2.75) is 0 Å². The van der Waals surface area contributed by atoms with Gasteiger partial charge in [0.05, 0.1) is 24.8 Å². The largest absolute Gasteiger partial charge is 0.378 e. The van der Waals surface area contributed by atoms with Gasteiger partial charge in [-0.2, -0.15) is 5.26 Å². The van der Waals surface area contributed by atoms with Crippen molar-refractivity contribution < 1.29 is 9.53 Å². The van der Waals surface area contributed by atoms with Gasteiger partial charge in [0.1, 0.15) is 6.07 Å². The first-order valence-electron chi connectivity index (χ1n) is 6.76. The molecule has 0 aromatic carbocycles. The molecule has 0 aliphatic carbocycles. The van der Waals surface area contributed by atoms with Gasteiger partial charge < -0.3 is 14.5 Å². The van der Waals surface area contributed by atoms with Crippen molar-refractivity contribution in [2.75, 3.05) is 44.3 Å². The van der Waals surface area contributed by atoms with Crippen LogP contribution in [0.1, 0.15) is 5.69 Å². The molecule has 104 valence electrons. The van der Waals surface area contributed by atoms with Gasteiger partial charge in [0.2, 0.25) is 5.91 Å². The Morgan fingerprint density at radius 1 is 1.40 bits per heavy atom. The van der Waals surface area contributed by atoms with Gasteiger partial charge in [-0.25, -0.2) is 4.98 Å². The van der Waals surface area contributed by atoms with Gasteiger partial charge >= 0.3 is 0 Å². The number of nitrogens with zero attached hydrogens (tertiary/aromatic N) is 4. The molecule has 0 unspecified atom stereocenters. The molecular weight excluding hydrogens is 256 g/mol. The number of hydrogen-bond acceptors (Lipinski definition) is 5. The van der Waals surface area contributed by atoms with E-state index in [0.717, 1.165) is 5.69 Å². The van der Waals surface area contributed by atoms with Crippen molar-refractivity contribution in [1.29, 1.82) is 5.26 Å². The third-order valence-corrected chi connectivity index (χ3v) is 3.79. The monoisotopic (exact) mass is 272 g/mol. The van der Waals surface area contributed by atoms with E-state index in [1.165, 1.54) is 0 Å². The number of nitriles is 1. The van der Waals surface area contributed by atoms with E-state index in [9.17, 15) is 4.79 Å². The molecule has 1 aromatic rings. The van der Waals surface area contributed by atoms with E-state index in [1.54, 1.807) is 6.20 Å². The second-order valence-electron chi connectivity index (χ2n) is 5.02. The number of ether oxygens (including phenoxy) is 1. The minimum absolute atomic E-state index is 0.0276. The van der Waals surface area contributed by atoms with Crippen LogP contribution in [0.25, 0.3) is 0 Å². The lowest BCUT2D eigenvalue weighted by Crippen LogP contribution is -2.56. The number of carbonyl (C=O) groups excluding carboxylic acids is 1. The fraction of sp³-hybridized carbons (Fsp3) is 0.500. The van der Waals surface area contributed by atoms with E-state index in [0.29, 0.717) is 45.1 Å². The molecule has 20 heavy (non-hydrogen) atoms. The van der Waals surface area contributed by atoms with Crippen LogP contribution in [0.15, 0.2) is 18.3 Å². The molecule has 0 saturated carbocycles. The van der Waals surface area contributed by atoms with Crippen LogP contribution in [0.4, 0.5) is 5.69 Å². The summed E-state index contributed by atoms with van der Waals surface area (Å²) in [7, 11) is 0. The zero-order valence-electron chi connectivity index (χ0n) is 11.2. The van der Waals surface area contributed by atoms with Crippen molar-refractivity contribution in [3.8, 4) is 6.07 Å². The van der Waals surface area contributed by atoms with Gasteiger partial charge in [-0.05, 0) is 12.1 Å². The van der Waals surface area contributed by atoms with Gasteiger partial charge in [-0.3, -0.25) is 4.79 Å². The fourth-order valence-corrected chi connectivity index (χ4v) is 2.61. The number of morpholine rings is 1. The highest BCUT2D eigenvalue weighted by Gasteiger charge is 2.36. The molecule has 2 aliphatic heterocycles. The van der Waals surface area contributed by atoms with Gasteiger partial charge in [-0.15, -0.1) is 0 Å². The molecule has 1 aromatic heterocycles. The lowest BCUT2D eigenvalue weighted by Gasteiger charge is -2.42. The lowest BCUT2D eigenvalue weighted by atomic mass is 9.97. The topological polar surface area (TPSA) is 69.5 Å². The van der Waals surface area contributed by atoms with Crippen LogP contribution in [-0.2, 0) is 9.53 Å². The number of carbonyl (C=O) groups is 1. The van der Waals surface area contributed by atoms with Crippen molar-refractivity contribution in [3.63, 3.8) is 0 Å². The molecule has 6 nitrogen and oxygen atoms in total. The average Bonchev–Trinajstić information content (AvgIpc) is 2.47. The van der Waals surface area contributed by atoms with Crippen molar-refractivity contribution in [1.82, 2.24) is 9.88 Å². The third-order valence-electron chi connectivity index (χ3n) is 3.79. The molecule has 2 aliphatic rings. The maximum atomic E-state index is 12.3. The van der Waals surface area contributed by atoms with E-state index >= 15 is 0 Å². The summed E-state index contributed by atoms with van der Waals surface area (Å²) in [6.45, 7) is 3.96. The Bertz CT molecular complexity index is 542. The van der Waals surface area contributed by atoms with E-state index in [1.807, 2.05) is 21.9 Å². The van der Waals surface area contributed by atoms with Gasteiger partial charge in [-0.1, -0.05) is 0 Å². The predicted molar refractivity (Wildman–Crippen MR) is 72.1 cm³/mol. The molecule has 3 heterocycles. The van der Waals surface area contributed by atoms with Crippen LogP contribution in [0.2, 0.25) is 0 Å². The molecule has 2 fully saturated rings. The summed E-state index contributed by atoms with van der Waals surface area (Å²) in [5.41, 5.74) is 1.24. The molecule has 0 bridgehead atoms. The summed E-state index contributed by atoms with van der Waals surface area (Å²) < 4.78 is 5.25. The molecular formula is C14H16N4O2. The maximum Gasteiger partial charge on any atom is 0.229 e. The van der Waals surface area contributed by atoms with Crippen LogP contribution < -0.4 is 4.90 Å². The zero-order chi connectivity index (χ0) is 13.9. The molecule has 0 radical (unpaired) electrons.